The Labute approximate surface area is 491 Å². The topological polar surface area (TPSA) is 104 Å². The molecular weight excluding hydrogens is 971 g/mol. The molecule has 1 N–H and O–H groups in total. The van der Waals surface area contributed by atoms with Crippen LogP contribution >= 0.6 is 0 Å². The minimum atomic E-state index is -0.415. The molecule has 0 aliphatic carbocycles. The number of benzene rings is 3. The number of nitrogens with one attached hydrogen (secondary N) is 1. The first-order valence-electron chi connectivity index (χ1n) is 29.0. The van der Waals surface area contributed by atoms with Gasteiger partial charge in [-0.1, -0.05) is 91.0 Å². The quantitative estimate of drug-likeness (QED) is 0.168. The van der Waals surface area contributed by atoms with Gasteiger partial charge in [-0.15, -0.1) is 0 Å². The van der Waals surface area contributed by atoms with Crippen LogP contribution in [0.1, 0.15) is 117 Å². The van der Waals surface area contributed by atoms with Crippen molar-refractivity contribution in [3.05, 3.63) is 108 Å². The van der Waals surface area contributed by atoms with E-state index in [1.54, 1.807) is 4.90 Å². The van der Waals surface area contributed by atoms with Crippen LogP contribution in [0, 0.1) is 17.8 Å². The van der Waals surface area contributed by atoms with Crippen LogP contribution in [0.3, 0.4) is 0 Å². The molecule has 6 aliphatic heterocycles. The monoisotopic (exact) mass is 1070 g/mol. The summed E-state index contributed by atoms with van der Waals surface area (Å²) in [5, 5.41) is 3.44. The summed E-state index contributed by atoms with van der Waals surface area (Å²) in [5.41, 5.74) is 3.44. The number of hydrogen-bond donors (Lipinski definition) is 1. The molecule has 6 heterocycles. The molecule has 77 heavy (non-hydrogen) atoms. The van der Waals surface area contributed by atoms with Crippen LogP contribution in [-0.2, 0) is 33.9 Å². The number of likely N-dealkylation sites (tertiary alicyclic amines) is 4. The van der Waals surface area contributed by atoms with Crippen molar-refractivity contribution in [1.29, 1.82) is 0 Å². The number of hydrogen-bond acceptors (Lipinski definition) is 11. The zero-order chi connectivity index (χ0) is 53.3. The molecule has 0 aromatic heterocycles. The fourth-order valence-corrected chi connectivity index (χ4v) is 10.9. The summed E-state index contributed by atoms with van der Waals surface area (Å²) in [7, 11) is 0. The van der Waals surface area contributed by atoms with Gasteiger partial charge in [0.2, 0.25) is 0 Å². The van der Waals surface area contributed by atoms with Crippen molar-refractivity contribution in [3.8, 4) is 0 Å². The average Bonchev–Trinajstić information content (AvgIpc) is 3.41. The van der Waals surface area contributed by atoms with E-state index in [4.69, 9.17) is 9.47 Å². The van der Waals surface area contributed by atoms with Crippen LogP contribution in [0.15, 0.2) is 91.0 Å². The second-order valence-electron chi connectivity index (χ2n) is 24.0. The van der Waals surface area contributed by atoms with Gasteiger partial charge in [0.05, 0.1) is 0 Å². The standard InChI is InChI=1S/C22H35N3O2.C17H27N3.C13H17NO.C10H19NO2.B.Na.H/c1-22(2,3)27-21(26)25-15-13-24(14-16-25)18-20-9-11-23(12-10-20)17-19-7-5-4-6-8-19;1-2-4-16(5-3-1)14-19-10-6-17(7-11-19)15-20-12-8-18-9-13-20;15-11-13-6-8-14(9-7-13)10-12-4-2-1-3-5-12;1-10(2,3)13-9(12)11-7-5-4-6-8-11;;;/h4-8,20H,9-18H2,1-3H3;1-5,17-18H,6-15H2;1-5,11,13H,6-10H2;4-8H2,1-3H3;;;/q;;;;;+1;-1. The second-order valence-corrected chi connectivity index (χ2v) is 24.0. The third kappa shape index (κ3) is 26.7. The number of carbonyl (C=O) groups excluding carboxylic acids is 3. The summed E-state index contributed by atoms with van der Waals surface area (Å²) in [6.45, 7) is 34.2. The summed E-state index contributed by atoms with van der Waals surface area (Å²) in [6.07, 6.45) is 11.6. The first-order valence-corrected chi connectivity index (χ1v) is 29.0. The van der Waals surface area contributed by atoms with Gasteiger partial charge in [-0.3, -0.25) is 19.6 Å². The molecule has 6 aliphatic rings. The van der Waals surface area contributed by atoms with Gasteiger partial charge < -0.3 is 35.7 Å². The van der Waals surface area contributed by atoms with Crippen LogP contribution in [0.5, 0.6) is 0 Å². The molecule has 0 bridgehead atoms. The predicted octanol–water partition coefficient (Wildman–Crippen LogP) is 6.50. The molecule has 0 spiro atoms. The Morgan fingerprint density at radius 1 is 0.481 bits per heavy atom. The van der Waals surface area contributed by atoms with E-state index in [-0.39, 0.29) is 57.2 Å². The Bertz CT molecular complexity index is 2030. The number of rotatable bonds is 11. The molecule has 0 saturated carbocycles. The number of aldehydes is 1. The van der Waals surface area contributed by atoms with E-state index in [0.717, 1.165) is 116 Å². The molecular formula is C62H99BN8NaO5. The molecule has 9 rings (SSSR count). The van der Waals surface area contributed by atoms with Crippen LogP contribution in [0.2, 0.25) is 0 Å². The fraction of sp³-hybridized carbons (Fsp3) is 0.661. The van der Waals surface area contributed by atoms with Crippen molar-refractivity contribution in [2.24, 2.45) is 17.8 Å². The SMILES string of the molecule is CC(C)(C)OC(=O)N1CCCCC1.CC(C)(C)OC(=O)N1CCN(CC2CCN(Cc3ccccc3)CC2)CC1.O=CC1CCN(Cc2ccccc2)CC1.[B].[H-].[Na+].c1ccc(CN2CCC(CN3CCNCC3)CC2)cc1. The number of carbonyl (C=O) groups is 3. The molecule has 6 saturated heterocycles. The van der Waals surface area contributed by atoms with Crippen molar-refractivity contribution in [2.45, 2.75) is 130 Å². The van der Waals surface area contributed by atoms with E-state index in [2.05, 4.69) is 115 Å². The van der Waals surface area contributed by atoms with Gasteiger partial charge in [-0.2, -0.15) is 0 Å². The largest absolute Gasteiger partial charge is 1.00 e. The number of amides is 2. The normalized spacial score (nSPS) is 20.0. The molecule has 0 unspecified atom stereocenters. The Morgan fingerprint density at radius 3 is 1.17 bits per heavy atom. The van der Waals surface area contributed by atoms with Crippen LogP contribution in [0.4, 0.5) is 9.59 Å². The Morgan fingerprint density at radius 2 is 0.818 bits per heavy atom. The van der Waals surface area contributed by atoms with E-state index in [1.165, 1.54) is 114 Å². The van der Waals surface area contributed by atoms with Crippen molar-refractivity contribution < 1.29 is 54.8 Å². The maximum atomic E-state index is 12.2. The summed E-state index contributed by atoms with van der Waals surface area (Å²) in [4.78, 5) is 50.7. The summed E-state index contributed by atoms with van der Waals surface area (Å²) >= 11 is 0. The molecule has 3 radical (unpaired) electrons. The molecule has 6 fully saturated rings. The number of nitrogens with zero attached hydrogens (tertiary/aromatic N) is 7. The van der Waals surface area contributed by atoms with Crippen LogP contribution in [0.25, 0.3) is 0 Å². The van der Waals surface area contributed by atoms with E-state index >= 15 is 0 Å². The molecule has 0 atom stereocenters. The Kier molecular flexibility index (Phi) is 30.5. The minimum Gasteiger partial charge on any atom is -1.00 e. The molecule has 13 nitrogen and oxygen atoms in total. The first kappa shape index (κ1) is 66.2. The third-order valence-corrected chi connectivity index (χ3v) is 15.3. The van der Waals surface area contributed by atoms with E-state index < -0.39 is 5.60 Å². The fourth-order valence-electron chi connectivity index (χ4n) is 10.9. The van der Waals surface area contributed by atoms with E-state index in [0.29, 0.717) is 5.92 Å². The van der Waals surface area contributed by atoms with Gasteiger partial charge >= 0.3 is 41.7 Å². The molecule has 3 aromatic rings. The van der Waals surface area contributed by atoms with Crippen molar-refractivity contribution in [1.82, 2.24) is 39.6 Å². The summed E-state index contributed by atoms with van der Waals surface area (Å²) in [5.74, 6) is 2.00. The van der Waals surface area contributed by atoms with Gasteiger partial charge in [0.25, 0.3) is 0 Å². The maximum absolute atomic E-state index is 12.2. The molecule has 421 valence electrons. The minimum absolute atomic E-state index is 0. The average molecular weight is 1070 g/mol. The van der Waals surface area contributed by atoms with Crippen LogP contribution < -0.4 is 34.9 Å². The van der Waals surface area contributed by atoms with Crippen molar-refractivity contribution in [2.75, 3.05) is 118 Å². The van der Waals surface area contributed by atoms with Gasteiger partial charge in [0, 0.05) is 113 Å². The predicted molar refractivity (Wildman–Crippen MR) is 311 cm³/mol. The molecule has 2 amide bonds. The first-order chi connectivity index (χ1) is 36.2. The zero-order valence-electron chi connectivity index (χ0n) is 49.9. The van der Waals surface area contributed by atoms with Crippen molar-refractivity contribution >= 4 is 26.9 Å². The molecule has 3 aromatic carbocycles. The zero-order valence-corrected chi connectivity index (χ0v) is 50.9. The Hall–Kier alpha value is -3.31. The number of ether oxygens (including phenoxy) is 2. The smallest absolute Gasteiger partial charge is 1.00 e. The van der Waals surface area contributed by atoms with Gasteiger partial charge in [-0.25, -0.2) is 9.59 Å². The van der Waals surface area contributed by atoms with E-state index in [1.807, 2.05) is 52.5 Å². The van der Waals surface area contributed by atoms with Gasteiger partial charge in [0.15, 0.2) is 0 Å². The van der Waals surface area contributed by atoms with E-state index in [9.17, 15) is 14.4 Å². The maximum Gasteiger partial charge on any atom is 1.00 e. The van der Waals surface area contributed by atoms with Crippen LogP contribution in [-0.4, -0.2) is 190 Å². The molecule has 15 heteroatoms. The third-order valence-electron chi connectivity index (χ3n) is 15.3. The van der Waals surface area contributed by atoms with Gasteiger partial charge in [-0.05, 0) is 167 Å². The summed E-state index contributed by atoms with van der Waals surface area (Å²) in [6, 6.07) is 32.2. The van der Waals surface area contributed by atoms with Gasteiger partial charge in [0.1, 0.15) is 17.5 Å². The van der Waals surface area contributed by atoms with Crippen molar-refractivity contribution in [3.63, 3.8) is 0 Å². The summed E-state index contributed by atoms with van der Waals surface area (Å²) < 4.78 is 10.8. The number of piperazine rings is 2. The Balaban J connectivity index is 0.000000280. The second kappa shape index (κ2) is 35.4. The number of piperidine rings is 4.